The largest absolute Gasteiger partial charge is 0.124 e. The van der Waals surface area contributed by atoms with Gasteiger partial charge >= 0.3 is 0 Å². The Kier molecular flexibility index (Phi) is 2.09. The number of hydrogen-bond acceptors (Lipinski definition) is 0. The molecule has 0 heterocycles. The number of hydrogen-bond donors (Lipinski definition) is 0. The highest BCUT2D eigenvalue weighted by molar-refractivity contribution is 6.51. The minimum atomic E-state index is -0.329. The molecule has 2 aliphatic carbocycles. The zero-order valence-electron chi connectivity index (χ0n) is 6.65. The van der Waals surface area contributed by atoms with Gasteiger partial charge in [0, 0.05) is 0 Å². The lowest BCUT2D eigenvalue weighted by Crippen LogP contribution is -1.90. The first-order chi connectivity index (χ1) is 5.23. The Morgan fingerprint density at radius 1 is 0.818 bits per heavy atom. The highest BCUT2D eigenvalue weighted by atomic mass is 35.5. The molecule has 2 saturated carbocycles. The molecule has 0 amide bonds. The van der Waals surface area contributed by atoms with E-state index in [1.165, 1.54) is 38.5 Å². The zero-order valence-corrected chi connectivity index (χ0v) is 8.17. The van der Waals surface area contributed by atoms with Gasteiger partial charge in [-0.15, -0.1) is 23.2 Å². The quantitative estimate of drug-likeness (QED) is 0.514. The van der Waals surface area contributed by atoms with Gasteiger partial charge in [0.05, 0.1) is 0 Å². The van der Waals surface area contributed by atoms with Crippen LogP contribution in [-0.2, 0) is 0 Å². The van der Waals surface area contributed by atoms with Crippen LogP contribution in [0.2, 0.25) is 0 Å². The van der Waals surface area contributed by atoms with E-state index in [0.717, 1.165) is 0 Å². The third-order valence-electron chi connectivity index (χ3n) is 3.15. The van der Waals surface area contributed by atoms with Crippen LogP contribution in [0.1, 0.15) is 38.5 Å². The van der Waals surface area contributed by atoms with Crippen molar-refractivity contribution in [1.82, 2.24) is 0 Å². The van der Waals surface area contributed by atoms with Gasteiger partial charge in [0.15, 0.2) is 0 Å². The third-order valence-corrected chi connectivity index (χ3v) is 4.27. The Balaban J connectivity index is 1.95. The fraction of sp³-hybridized carbons (Fsp3) is 1.00. The second-order valence-corrected chi connectivity index (χ2v) is 5.32. The van der Waals surface area contributed by atoms with Gasteiger partial charge in [-0.25, -0.2) is 0 Å². The van der Waals surface area contributed by atoms with Crippen LogP contribution in [0.25, 0.3) is 0 Å². The summed E-state index contributed by atoms with van der Waals surface area (Å²) in [6, 6.07) is 0. The van der Waals surface area contributed by atoms with Crippen molar-refractivity contribution >= 4 is 23.2 Å². The summed E-state index contributed by atoms with van der Waals surface area (Å²) in [6.45, 7) is 0. The lowest BCUT2D eigenvalue weighted by molar-refractivity contribution is 0.485. The molecule has 0 nitrogen and oxygen atoms in total. The van der Waals surface area contributed by atoms with E-state index in [4.69, 9.17) is 23.2 Å². The van der Waals surface area contributed by atoms with E-state index in [2.05, 4.69) is 0 Å². The van der Waals surface area contributed by atoms with Crippen LogP contribution in [-0.4, -0.2) is 4.33 Å². The maximum Gasteiger partial charge on any atom is 0.124 e. The molecular weight excluding hydrogens is 179 g/mol. The monoisotopic (exact) mass is 192 g/mol. The van der Waals surface area contributed by atoms with Crippen LogP contribution >= 0.6 is 23.2 Å². The van der Waals surface area contributed by atoms with E-state index < -0.39 is 0 Å². The molecule has 2 rings (SSSR count). The van der Waals surface area contributed by atoms with Crippen molar-refractivity contribution in [3.8, 4) is 0 Å². The molecule has 0 unspecified atom stereocenters. The maximum absolute atomic E-state index is 6.12. The molecule has 2 fully saturated rings. The van der Waals surface area contributed by atoms with Gasteiger partial charge in [0.25, 0.3) is 0 Å². The minimum absolute atomic E-state index is 0.329. The first-order valence-electron chi connectivity index (χ1n) is 4.61. The molecule has 0 bridgehead atoms. The van der Waals surface area contributed by atoms with Crippen LogP contribution in [0.4, 0.5) is 0 Å². The molecule has 2 atom stereocenters. The highest BCUT2D eigenvalue weighted by Crippen LogP contribution is 2.63. The summed E-state index contributed by atoms with van der Waals surface area (Å²) >= 11 is 12.2. The zero-order chi connectivity index (χ0) is 7.90. The second-order valence-electron chi connectivity index (χ2n) is 3.88. The Morgan fingerprint density at radius 2 is 1.27 bits per heavy atom. The van der Waals surface area contributed by atoms with Gasteiger partial charge in [0.1, 0.15) is 4.33 Å². The molecule has 2 aliphatic rings. The third kappa shape index (κ3) is 1.40. The SMILES string of the molecule is ClC1(Cl)[C@@H]2CCCCCC[C@H]21. The second kappa shape index (κ2) is 2.81. The van der Waals surface area contributed by atoms with Crippen molar-refractivity contribution in [1.29, 1.82) is 0 Å². The first kappa shape index (κ1) is 8.19. The average molecular weight is 193 g/mol. The van der Waals surface area contributed by atoms with Gasteiger partial charge in [0.2, 0.25) is 0 Å². The Bertz CT molecular complexity index is 138. The summed E-state index contributed by atoms with van der Waals surface area (Å²) in [5.74, 6) is 1.26. The van der Waals surface area contributed by atoms with Gasteiger partial charge in [-0.3, -0.25) is 0 Å². The molecule has 0 radical (unpaired) electrons. The fourth-order valence-corrected chi connectivity index (χ4v) is 3.25. The van der Waals surface area contributed by atoms with Crippen LogP contribution in [0, 0.1) is 11.8 Å². The molecule has 2 heteroatoms. The number of alkyl halides is 2. The predicted molar refractivity (Wildman–Crippen MR) is 49.1 cm³/mol. The van der Waals surface area contributed by atoms with Crippen molar-refractivity contribution in [2.75, 3.05) is 0 Å². The molecule has 0 aromatic carbocycles. The van der Waals surface area contributed by atoms with Crippen molar-refractivity contribution in [2.24, 2.45) is 11.8 Å². The Morgan fingerprint density at radius 3 is 1.73 bits per heavy atom. The minimum Gasteiger partial charge on any atom is -0.101 e. The van der Waals surface area contributed by atoms with Crippen LogP contribution in [0.15, 0.2) is 0 Å². The van der Waals surface area contributed by atoms with E-state index in [9.17, 15) is 0 Å². The van der Waals surface area contributed by atoms with Gasteiger partial charge < -0.3 is 0 Å². The number of halogens is 2. The molecule has 64 valence electrons. The highest BCUT2D eigenvalue weighted by Gasteiger charge is 2.61. The summed E-state index contributed by atoms with van der Waals surface area (Å²) in [5, 5.41) is 0. The molecule has 0 N–H and O–H groups in total. The lowest BCUT2D eigenvalue weighted by atomic mass is 10.0. The predicted octanol–water partition coefficient (Wildman–Crippen LogP) is 3.76. The molecule has 0 spiro atoms. The molecule has 11 heavy (non-hydrogen) atoms. The fourth-order valence-electron chi connectivity index (χ4n) is 2.33. The summed E-state index contributed by atoms with van der Waals surface area (Å²) in [4.78, 5) is 0. The molecule has 0 aromatic heterocycles. The van der Waals surface area contributed by atoms with Crippen molar-refractivity contribution in [3.63, 3.8) is 0 Å². The molecule has 0 aromatic rings. The maximum atomic E-state index is 6.12. The summed E-state index contributed by atoms with van der Waals surface area (Å²) in [7, 11) is 0. The van der Waals surface area contributed by atoms with E-state index >= 15 is 0 Å². The summed E-state index contributed by atoms with van der Waals surface area (Å²) in [6.07, 6.45) is 7.96. The standard InChI is InChI=1S/C9H14Cl2/c10-9(11)7-5-3-1-2-4-6-8(7)9/h7-8H,1-6H2/t7-,8-/m1/s1. The van der Waals surface area contributed by atoms with Crippen molar-refractivity contribution in [3.05, 3.63) is 0 Å². The average Bonchev–Trinajstić information content (AvgIpc) is 2.29. The lowest BCUT2D eigenvalue weighted by Gasteiger charge is -2.04. The summed E-state index contributed by atoms with van der Waals surface area (Å²) in [5.41, 5.74) is 0. The van der Waals surface area contributed by atoms with Gasteiger partial charge in [-0.1, -0.05) is 25.7 Å². The van der Waals surface area contributed by atoms with E-state index in [-0.39, 0.29) is 4.33 Å². The van der Waals surface area contributed by atoms with Gasteiger partial charge in [-0.2, -0.15) is 0 Å². The van der Waals surface area contributed by atoms with Crippen molar-refractivity contribution < 1.29 is 0 Å². The van der Waals surface area contributed by atoms with Crippen LogP contribution in [0.5, 0.6) is 0 Å². The van der Waals surface area contributed by atoms with Gasteiger partial charge in [-0.05, 0) is 24.7 Å². The summed E-state index contributed by atoms with van der Waals surface area (Å²) < 4.78 is -0.329. The number of rotatable bonds is 0. The first-order valence-corrected chi connectivity index (χ1v) is 5.36. The molecule has 0 aliphatic heterocycles. The number of fused-ring (bicyclic) bond motifs is 1. The van der Waals surface area contributed by atoms with E-state index in [1.807, 2.05) is 0 Å². The molecular formula is C9H14Cl2. The Labute approximate surface area is 78.3 Å². The Hall–Kier alpha value is 0.580. The molecule has 0 saturated heterocycles. The topological polar surface area (TPSA) is 0 Å². The smallest absolute Gasteiger partial charge is 0.101 e. The van der Waals surface area contributed by atoms with Crippen molar-refractivity contribution in [2.45, 2.75) is 42.9 Å². The van der Waals surface area contributed by atoms with Crippen LogP contribution < -0.4 is 0 Å². The van der Waals surface area contributed by atoms with Crippen LogP contribution in [0.3, 0.4) is 0 Å². The normalized spacial score (nSPS) is 42.0. The van der Waals surface area contributed by atoms with E-state index in [0.29, 0.717) is 11.8 Å². The van der Waals surface area contributed by atoms with E-state index in [1.54, 1.807) is 0 Å².